The van der Waals surface area contributed by atoms with Crippen LogP contribution >= 0.6 is 0 Å². The molecule has 126 valence electrons. The summed E-state index contributed by atoms with van der Waals surface area (Å²) in [5.74, 6) is -0.493. The van der Waals surface area contributed by atoms with Gasteiger partial charge < -0.3 is 10.6 Å². The molecule has 1 aromatic heterocycles. The van der Waals surface area contributed by atoms with E-state index < -0.39 is 0 Å². The molecule has 2 aromatic rings. The summed E-state index contributed by atoms with van der Waals surface area (Å²) in [5, 5.41) is 5.67. The lowest BCUT2D eigenvalue weighted by atomic mass is 10.1. The van der Waals surface area contributed by atoms with E-state index in [4.69, 9.17) is 0 Å². The normalized spacial score (nSPS) is 10.3. The number of carbonyl (C=O) groups is 2. The molecule has 0 aliphatic rings. The summed E-state index contributed by atoms with van der Waals surface area (Å²) >= 11 is 0. The first-order valence-electron chi connectivity index (χ1n) is 8.12. The number of anilines is 1. The fourth-order valence-electron chi connectivity index (χ4n) is 2.42. The van der Waals surface area contributed by atoms with E-state index in [0.717, 1.165) is 29.7 Å². The number of rotatable bonds is 6. The number of nitrogens with one attached hydrogen (secondary N) is 2. The van der Waals surface area contributed by atoms with Crippen LogP contribution in [0.4, 0.5) is 5.69 Å². The van der Waals surface area contributed by atoms with Crippen LogP contribution in [0.15, 0.2) is 36.7 Å². The molecule has 5 nitrogen and oxygen atoms in total. The number of aryl methyl sites for hydroxylation is 2. The Kier molecular flexibility index (Phi) is 6.07. The number of benzene rings is 1. The Labute approximate surface area is 142 Å². The highest BCUT2D eigenvalue weighted by molar-refractivity contribution is 6.05. The number of amides is 2. The van der Waals surface area contributed by atoms with Gasteiger partial charge in [-0.2, -0.15) is 0 Å². The molecule has 0 saturated carbocycles. The first-order chi connectivity index (χ1) is 11.5. The van der Waals surface area contributed by atoms with Crippen molar-refractivity contribution in [3.63, 3.8) is 0 Å². The minimum Gasteiger partial charge on any atom is -0.352 e. The quantitative estimate of drug-likeness (QED) is 0.799. The van der Waals surface area contributed by atoms with E-state index in [1.54, 1.807) is 6.07 Å². The third-order valence-electron chi connectivity index (χ3n) is 3.56. The highest BCUT2D eigenvalue weighted by Crippen LogP contribution is 2.15. The van der Waals surface area contributed by atoms with E-state index in [0.29, 0.717) is 17.7 Å². The van der Waals surface area contributed by atoms with Gasteiger partial charge in [0.05, 0.1) is 11.1 Å². The smallest absolute Gasteiger partial charge is 0.257 e. The van der Waals surface area contributed by atoms with Gasteiger partial charge in [0.2, 0.25) is 0 Å². The van der Waals surface area contributed by atoms with E-state index in [2.05, 4.69) is 22.5 Å². The molecule has 2 rings (SSSR count). The molecule has 1 aromatic carbocycles. The maximum Gasteiger partial charge on any atom is 0.257 e. The number of hydrogen-bond acceptors (Lipinski definition) is 3. The Hall–Kier alpha value is -2.69. The molecule has 2 N–H and O–H groups in total. The highest BCUT2D eigenvalue weighted by atomic mass is 16.2. The van der Waals surface area contributed by atoms with Crippen molar-refractivity contribution >= 4 is 17.5 Å². The molecule has 0 aliphatic heterocycles. The predicted octanol–water partition coefficient (Wildman–Crippen LogP) is 3.48. The molecule has 24 heavy (non-hydrogen) atoms. The standard InChI is InChI=1S/C19H23N3O2/c1-4-5-6-21-18(23)15-10-16(12-20-11-15)19(24)22-17-8-13(2)7-14(3)9-17/h7-12H,4-6H2,1-3H3,(H,21,23)(H,22,24). The van der Waals surface area contributed by atoms with Crippen molar-refractivity contribution in [2.24, 2.45) is 0 Å². The second-order valence-electron chi connectivity index (χ2n) is 5.90. The molecule has 0 bridgehead atoms. The Morgan fingerprint density at radius 2 is 1.58 bits per heavy atom. The molecule has 0 atom stereocenters. The van der Waals surface area contributed by atoms with E-state index in [9.17, 15) is 9.59 Å². The average Bonchev–Trinajstić information content (AvgIpc) is 2.54. The summed E-state index contributed by atoms with van der Waals surface area (Å²) in [6.07, 6.45) is 4.86. The summed E-state index contributed by atoms with van der Waals surface area (Å²) in [7, 11) is 0. The minimum absolute atomic E-state index is 0.211. The SMILES string of the molecule is CCCCNC(=O)c1cncc(C(=O)Nc2cc(C)cc(C)c2)c1. The Balaban J connectivity index is 2.09. The summed E-state index contributed by atoms with van der Waals surface area (Å²) < 4.78 is 0. The molecule has 0 spiro atoms. The van der Waals surface area contributed by atoms with Crippen molar-refractivity contribution < 1.29 is 9.59 Å². The van der Waals surface area contributed by atoms with Gasteiger partial charge >= 0.3 is 0 Å². The zero-order chi connectivity index (χ0) is 17.5. The van der Waals surface area contributed by atoms with E-state index in [1.807, 2.05) is 32.0 Å². The third kappa shape index (κ3) is 4.91. The zero-order valence-corrected chi connectivity index (χ0v) is 14.3. The van der Waals surface area contributed by atoms with Crippen LogP contribution in [0.25, 0.3) is 0 Å². The molecule has 0 unspecified atom stereocenters. The van der Waals surface area contributed by atoms with Crippen LogP contribution in [0.1, 0.15) is 51.6 Å². The summed E-state index contributed by atoms with van der Waals surface area (Å²) in [6.45, 7) is 6.64. The fourth-order valence-corrected chi connectivity index (χ4v) is 2.42. The average molecular weight is 325 g/mol. The second kappa shape index (κ2) is 8.24. The van der Waals surface area contributed by atoms with Crippen LogP contribution in [0.5, 0.6) is 0 Å². The summed E-state index contributed by atoms with van der Waals surface area (Å²) in [4.78, 5) is 28.5. The van der Waals surface area contributed by atoms with Crippen molar-refractivity contribution in [3.8, 4) is 0 Å². The maximum atomic E-state index is 12.4. The first kappa shape index (κ1) is 17.7. The molecule has 1 heterocycles. The van der Waals surface area contributed by atoms with Gasteiger partial charge in [-0.3, -0.25) is 14.6 Å². The van der Waals surface area contributed by atoms with Gasteiger partial charge in [-0.1, -0.05) is 19.4 Å². The van der Waals surface area contributed by atoms with Gasteiger partial charge in [0.25, 0.3) is 11.8 Å². The molecule has 5 heteroatoms. The topological polar surface area (TPSA) is 71.1 Å². The Morgan fingerprint density at radius 1 is 0.958 bits per heavy atom. The molecule has 0 radical (unpaired) electrons. The lowest BCUT2D eigenvalue weighted by Crippen LogP contribution is -2.25. The van der Waals surface area contributed by atoms with Crippen LogP contribution in [0.2, 0.25) is 0 Å². The summed E-state index contributed by atoms with van der Waals surface area (Å²) in [5.41, 5.74) is 3.63. The number of unbranched alkanes of at least 4 members (excludes halogenated alkanes) is 1. The lowest BCUT2D eigenvalue weighted by Gasteiger charge is -2.09. The first-order valence-corrected chi connectivity index (χ1v) is 8.12. The Morgan fingerprint density at radius 3 is 2.21 bits per heavy atom. The number of pyridine rings is 1. The van der Waals surface area contributed by atoms with Crippen LogP contribution in [-0.4, -0.2) is 23.3 Å². The van der Waals surface area contributed by atoms with E-state index in [1.165, 1.54) is 12.4 Å². The van der Waals surface area contributed by atoms with Crippen molar-refractivity contribution in [1.29, 1.82) is 0 Å². The van der Waals surface area contributed by atoms with Crippen LogP contribution in [0, 0.1) is 13.8 Å². The predicted molar refractivity (Wildman–Crippen MR) is 95.3 cm³/mol. The number of hydrogen-bond donors (Lipinski definition) is 2. The molecular weight excluding hydrogens is 302 g/mol. The molecule has 0 aliphatic carbocycles. The summed E-state index contributed by atoms with van der Waals surface area (Å²) in [6, 6.07) is 7.41. The van der Waals surface area contributed by atoms with Crippen LogP contribution in [-0.2, 0) is 0 Å². The van der Waals surface area contributed by atoms with Gasteiger partial charge in [-0.25, -0.2) is 0 Å². The van der Waals surface area contributed by atoms with Crippen molar-refractivity contribution in [2.75, 3.05) is 11.9 Å². The van der Waals surface area contributed by atoms with E-state index >= 15 is 0 Å². The molecular formula is C19H23N3O2. The van der Waals surface area contributed by atoms with Gasteiger partial charge in [0, 0.05) is 24.6 Å². The lowest BCUT2D eigenvalue weighted by molar-refractivity contribution is 0.0953. The number of carbonyl (C=O) groups excluding carboxylic acids is 2. The number of nitrogens with zero attached hydrogens (tertiary/aromatic N) is 1. The maximum absolute atomic E-state index is 12.4. The van der Waals surface area contributed by atoms with Crippen molar-refractivity contribution in [3.05, 3.63) is 58.9 Å². The number of aromatic nitrogens is 1. The second-order valence-corrected chi connectivity index (χ2v) is 5.90. The van der Waals surface area contributed by atoms with Crippen molar-refractivity contribution in [1.82, 2.24) is 10.3 Å². The van der Waals surface area contributed by atoms with Gasteiger partial charge in [0.15, 0.2) is 0 Å². The van der Waals surface area contributed by atoms with Gasteiger partial charge in [-0.15, -0.1) is 0 Å². The largest absolute Gasteiger partial charge is 0.352 e. The van der Waals surface area contributed by atoms with Crippen LogP contribution in [0.3, 0.4) is 0 Å². The fraction of sp³-hybridized carbons (Fsp3) is 0.316. The highest BCUT2D eigenvalue weighted by Gasteiger charge is 2.11. The third-order valence-corrected chi connectivity index (χ3v) is 3.56. The zero-order valence-electron chi connectivity index (χ0n) is 14.3. The van der Waals surface area contributed by atoms with Gasteiger partial charge in [-0.05, 0) is 49.6 Å². The van der Waals surface area contributed by atoms with Gasteiger partial charge in [0.1, 0.15) is 0 Å². The van der Waals surface area contributed by atoms with E-state index in [-0.39, 0.29) is 11.8 Å². The van der Waals surface area contributed by atoms with Crippen LogP contribution < -0.4 is 10.6 Å². The molecule has 0 fully saturated rings. The minimum atomic E-state index is -0.282. The monoisotopic (exact) mass is 325 g/mol. The van der Waals surface area contributed by atoms with Crippen molar-refractivity contribution in [2.45, 2.75) is 33.6 Å². The molecule has 0 saturated heterocycles. The molecule has 2 amide bonds. The Bertz CT molecular complexity index is 721.